The summed E-state index contributed by atoms with van der Waals surface area (Å²) in [5.74, 6) is 0.927. The largest absolute Gasteiger partial charge is 0.497 e. The van der Waals surface area contributed by atoms with Gasteiger partial charge in [-0.1, -0.05) is 0 Å². The topological polar surface area (TPSA) is 28.0 Å². The van der Waals surface area contributed by atoms with Crippen molar-refractivity contribution in [3.63, 3.8) is 0 Å². The van der Waals surface area contributed by atoms with E-state index >= 15 is 0 Å². The molecule has 0 bridgehead atoms. The van der Waals surface area contributed by atoms with Gasteiger partial charge in [0.2, 0.25) is 0 Å². The van der Waals surface area contributed by atoms with E-state index in [9.17, 15) is 0 Å². The van der Waals surface area contributed by atoms with Gasteiger partial charge >= 0.3 is 0 Å². The molecule has 0 saturated carbocycles. The van der Waals surface area contributed by atoms with Crippen molar-refractivity contribution in [1.82, 2.24) is 4.98 Å². The first kappa shape index (κ1) is 10.4. The lowest BCUT2D eigenvalue weighted by Crippen LogP contribution is -2.24. The van der Waals surface area contributed by atoms with Gasteiger partial charge in [-0.05, 0) is 23.8 Å². The zero-order valence-corrected chi connectivity index (χ0v) is 10.5. The summed E-state index contributed by atoms with van der Waals surface area (Å²) in [4.78, 5) is 3.51. The average Bonchev–Trinajstić information content (AvgIpc) is 2.72. The van der Waals surface area contributed by atoms with Crippen LogP contribution in [0, 0.1) is 0 Å². The van der Waals surface area contributed by atoms with Gasteiger partial charge in [0.1, 0.15) is 25.0 Å². The number of nitrogens with one attached hydrogen (secondary N) is 1. The first-order chi connectivity index (χ1) is 8.20. The molecule has 2 heterocycles. The van der Waals surface area contributed by atoms with Crippen LogP contribution in [0.2, 0.25) is 0 Å². The number of hydrogen-bond acceptors (Lipinski definition) is 1. The summed E-state index contributed by atoms with van der Waals surface area (Å²) in [7, 11) is 3.86. The van der Waals surface area contributed by atoms with Crippen molar-refractivity contribution in [2.24, 2.45) is 0 Å². The molecule has 3 rings (SSSR count). The summed E-state index contributed by atoms with van der Waals surface area (Å²) in [6.45, 7) is 3.26. The SMILES string of the molecule is COc1ccc2[nH]c3c(c2c1)CC[N+](C)=C3C. The maximum absolute atomic E-state index is 5.30. The number of aromatic amines is 1. The Balaban J connectivity index is 2.29. The van der Waals surface area contributed by atoms with Crippen molar-refractivity contribution in [1.29, 1.82) is 0 Å². The molecule has 1 aliphatic heterocycles. The van der Waals surface area contributed by atoms with Crippen LogP contribution < -0.4 is 4.74 Å². The van der Waals surface area contributed by atoms with Crippen LogP contribution in [-0.4, -0.2) is 36.0 Å². The summed E-state index contributed by atoms with van der Waals surface area (Å²) < 4.78 is 7.60. The molecular weight excluding hydrogens is 212 g/mol. The lowest BCUT2D eigenvalue weighted by atomic mass is 10.0. The molecule has 88 valence electrons. The van der Waals surface area contributed by atoms with E-state index in [2.05, 4.69) is 35.7 Å². The fourth-order valence-electron chi connectivity index (χ4n) is 2.56. The molecule has 0 atom stereocenters. The summed E-state index contributed by atoms with van der Waals surface area (Å²) in [6, 6.07) is 6.23. The van der Waals surface area contributed by atoms with Gasteiger partial charge < -0.3 is 9.72 Å². The van der Waals surface area contributed by atoms with Crippen LogP contribution >= 0.6 is 0 Å². The van der Waals surface area contributed by atoms with Crippen molar-refractivity contribution in [2.75, 3.05) is 20.7 Å². The van der Waals surface area contributed by atoms with Crippen molar-refractivity contribution < 1.29 is 9.31 Å². The predicted molar refractivity (Wildman–Crippen MR) is 69.4 cm³/mol. The molecule has 3 nitrogen and oxygen atoms in total. The highest BCUT2D eigenvalue weighted by Gasteiger charge is 2.23. The lowest BCUT2D eigenvalue weighted by Gasteiger charge is -2.10. The first-order valence-electron chi connectivity index (χ1n) is 5.94. The van der Waals surface area contributed by atoms with E-state index in [1.165, 1.54) is 27.9 Å². The minimum atomic E-state index is 0.927. The summed E-state index contributed by atoms with van der Waals surface area (Å²) in [5, 5.41) is 1.30. The van der Waals surface area contributed by atoms with Gasteiger partial charge in [0.15, 0.2) is 5.71 Å². The average molecular weight is 229 g/mol. The molecule has 1 aromatic heterocycles. The van der Waals surface area contributed by atoms with E-state index in [1.54, 1.807) is 7.11 Å². The van der Waals surface area contributed by atoms with Gasteiger partial charge in [-0.3, -0.25) is 0 Å². The Bertz CT molecular complexity index is 622. The number of methoxy groups -OCH3 is 1. The van der Waals surface area contributed by atoms with Gasteiger partial charge in [0.25, 0.3) is 0 Å². The zero-order valence-electron chi connectivity index (χ0n) is 10.5. The molecule has 0 saturated heterocycles. The van der Waals surface area contributed by atoms with E-state index in [-0.39, 0.29) is 0 Å². The second-order valence-electron chi connectivity index (χ2n) is 4.65. The lowest BCUT2D eigenvalue weighted by molar-refractivity contribution is -0.498. The minimum Gasteiger partial charge on any atom is -0.497 e. The van der Waals surface area contributed by atoms with E-state index in [0.717, 1.165) is 18.7 Å². The standard InChI is InChI=1S/C14H16N2O/c1-9-14-11(6-7-16(9)2)12-8-10(17-3)4-5-13(12)15-14/h4-5,8H,6-7H2,1-3H3/p+1. The highest BCUT2D eigenvalue weighted by atomic mass is 16.5. The predicted octanol–water partition coefficient (Wildman–Crippen LogP) is 2.18. The van der Waals surface area contributed by atoms with Gasteiger partial charge in [-0.25, -0.2) is 4.58 Å². The normalized spacial score (nSPS) is 15.2. The number of aromatic nitrogens is 1. The van der Waals surface area contributed by atoms with E-state index in [4.69, 9.17) is 4.74 Å². The second kappa shape index (κ2) is 3.62. The van der Waals surface area contributed by atoms with E-state index in [0.29, 0.717) is 0 Å². The van der Waals surface area contributed by atoms with Crippen molar-refractivity contribution >= 4 is 16.6 Å². The second-order valence-corrected chi connectivity index (χ2v) is 4.65. The molecule has 3 heteroatoms. The molecule has 0 aliphatic carbocycles. The quantitative estimate of drug-likeness (QED) is 0.746. The minimum absolute atomic E-state index is 0.927. The number of likely N-dealkylation sites (N-methyl/N-ethyl adjacent to an activating group) is 1. The highest BCUT2D eigenvalue weighted by Crippen LogP contribution is 2.28. The third-order valence-corrected chi connectivity index (χ3v) is 3.74. The molecule has 0 unspecified atom stereocenters. The smallest absolute Gasteiger partial charge is 0.196 e. The van der Waals surface area contributed by atoms with Crippen LogP contribution in [0.15, 0.2) is 18.2 Å². The molecule has 17 heavy (non-hydrogen) atoms. The molecule has 0 spiro atoms. The molecule has 0 fully saturated rings. The van der Waals surface area contributed by atoms with Crippen LogP contribution in [0.3, 0.4) is 0 Å². The van der Waals surface area contributed by atoms with Gasteiger partial charge in [-0.15, -0.1) is 0 Å². The number of rotatable bonds is 1. The maximum atomic E-state index is 5.30. The molecular formula is C14H17N2O+. The van der Waals surface area contributed by atoms with Gasteiger partial charge in [0.05, 0.1) is 7.11 Å². The Hall–Kier alpha value is -1.77. The maximum Gasteiger partial charge on any atom is 0.196 e. The third-order valence-electron chi connectivity index (χ3n) is 3.74. The summed E-state index contributed by atoms with van der Waals surface area (Å²) >= 11 is 0. The van der Waals surface area contributed by atoms with Crippen LogP contribution in [0.5, 0.6) is 5.75 Å². The third kappa shape index (κ3) is 1.46. The Morgan fingerprint density at radius 1 is 1.35 bits per heavy atom. The Morgan fingerprint density at radius 3 is 2.94 bits per heavy atom. The molecule has 1 aliphatic rings. The Kier molecular flexibility index (Phi) is 2.21. The number of hydrogen-bond donors (Lipinski definition) is 1. The fraction of sp³-hybridized carbons (Fsp3) is 0.357. The van der Waals surface area contributed by atoms with Gasteiger partial charge in [0, 0.05) is 24.2 Å². The fourth-order valence-corrected chi connectivity index (χ4v) is 2.56. The molecule has 1 aromatic carbocycles. The highest BCUT2D eigenvalue weighted by molar-refractivity contribution is 6.02. The van der Waals surface area contributed by atoms with Crippen molar-refractivity contribution in [3.05, 3.63) is 29.5 Å². The summed E-state index contributed by atoms with van der Waals surface area (Å²) in [5.41, 5.74) is 5.23. The first-order valence-corrected chi connectivity index (χ1v) is 5.94. The van der Waals surface area contributed by atoms with Crippen LogP contribution in [0.4, 0.5) is 0 Å². The van der Waals surface area contributed by atoms with Gasteiger partial charge in [-0.2, -0.15) is 0 Å². The molecule has 1 N–H and O–H groups in total. The van der Waals surface area contributed by atoms with Crippen LogP contribution in [-0.2, 0) is 6.42 Å². The molecule has 0 amide bonds. The number of nitrogens with zero attached hydrogens (tertiary/aromatic N) is 1. The molecule has 0 radical (unpaired) electrons. The zero-order chi connectivity index (χ0) is 12.0. The monoisotopic (exact) mass is 229 g/mol. The Labute approximate surface area is 101 Å². The van der Waals surface area contributed by atoms with Crippen LogP contribution in [0.1, 0.15) is 18.2 Å². The molecule has 2 aromatic rings. The van der Waals surface area contributed by atoms with E-state index in [1.807, 2.05) is 6.07 Å². The summed E-state index contributed by atoms with van der Waals surface area (Å²) in [6.07, 6.45) is 1.09. The van der Waals surface area contributed by atoms with E-state index < -0.39 is 0 Å². The number of benzene rings is 1. The number of fused-ring (bicyclic) bond motifs is 3. The Morgan fingerprint density at radius 2 is 2.18 bits per heavy atom. The number of ether oxygens (including phenoxy) is 1. The number of H-pyrrole nitrogens is 1. The van der Waals surface area contributed by atoms with Crippen LogP contribution in [0.25, 0.3) is 10.9 Å². The van der Waals surface area contributed by atoms with Crippen molar-refractivity contribution in [3.8, 4) is 5.75 Å². The van der Waals surface area contributed by atoms with Crippen molar-refractivity contribution in [2.45, 2.75) is 13.3 Å².